The molecule has 1 aromatic carbocycles. The number of anilines is 2. The van der Waals surface area contributed by atoms with Crippen molar-refractivity contribution in [2.45, 2.75) is 72.9 Å². The zero-order valence-electron chi connectivity index (χ0n) is 21.8. The van der Waals surface area contributed by atoms with Crippen LogP contribution in [-0.4, -0.2) is 40.5 Å². The number of nitrogen functional groups attached to an aromatic ring is 1. The monoisotopic (exact) mass is 471 g/mol. The van der Waals surface area contributed by atoms with Gasteiger partial charge in [0.15, 0.2) is 5.69 Å². The molecule has 188 valence electrons. The average Bonchev–Trinajstić information content (AvgIpc) is 2.72. The second kappa shape index (κ2) is 11.5. The van der Waals surface area contributed by atoms with Crippen molar-refractivity contribution < 1.29 is 4.79 Å². The Morgan fingerprint density at radius 2 is 1.76 bits per heavy atom. The first-order chi connectivity index (χ1) is 15.8. The molecule has 0 fully saturated rings. The number of likely N-dealkylation sites (N-methyl/N-ethyl adjacent to an activating group) is 1. The minimum Gasteiger partial charge on any atom is -0.383 e. The third-order valence-electron chi connectivity index (χ3n) is 5.75. The minimum atomic E-state index is -0.632. The zero-order chi connectivity index (χ0) is 25.6. The average molecular weight is 472 g/mol. The van der Waals surface area contributed by atoms with Crippen molar-refractivity contribution in [3.8, 4) is 0 Å². The molecule has 8 heteroatoms. The van der Waals surface area contributed by atoms with Crippen molar-refractivity contribution in [1.82, 2.24) is 14.5 Å². The van der Waals surface area contributed by atoms with E-state index in [2.05, 4.69) is 50.0 Å². The number of hydrogen-bond acceptors (Lipinski definition) is 5. The lowest BCUT2D eigenvalue weighted by atomic mass is 9.87. The van der Waals surface area contributed by atoms with Crippen LogP contribution in [0.5, 0.6) is 0 Å². The smallest absolute Gasteiger partial charge is 0.330 e. The first-order valence-corrected chi connectivity index (χ1v) is 12.1. The first-order valence-electron chi connectivity index (χ1n) is 12.1. The number of aromatic amines is 1. The molecule has 0 saturated carbocycles. The quantitative estimate of drug-likeness (QED) is 0.553. The van der Waals surface area contributed by atoms with Gasteiger partial charge in [0.2, 0.25) is 5.91 Å². The van der Waals surface area contributed by atoms with E-state index in [1.165, 1.54) is 15.0 Å². The summed E-state index contributed by atoms with van der Waals surface area (Å²) < 4.78 is 1.34. The molecule has 0 saturated heterocycles. The van der Waals surface area contributed by atoms with Crippen LogP contribution in [0.25, 0.3) is 0 Å². The summed E-state index contributed by atoms with van der Waals surface area (Å²) in [4.78, 5) is 44.1. The summed E-state index contributed by atoms with van der Waals surface area (Å²) in [6.07, 6.45) is 1.56. The van der Waals surface area contributed by atoms with Gasteiger partial charge in [-0.15, -0.1) is 0 Å². The molecule has 1 heterocycles. The fourth-order valence-corrected chi connectivity index (χ4v) is 3.86. The molecule has 1 amide bonds. The highest BCUT2D eigenvalue weighted by molar-refractivity contribution is 5.96. The first kappa shape index (κ1) is 27.4. The number of nitrogens with zero attached hydrogens (tertiary/aromatic N) is 3. The van der Waals surface area contributed by atoms with Crippen molar-refractivity contribution in [3.05, 3.63) is 56.2 Å². The molecule has 2 rings (SSSR count). The van der Waals surface area contributed by atoms with E-state index in [0.717, 1.165) is 12.0 Å². The molecule has 1 aromatic heterocycles. The topological polar surface area (TPSA) is 104 Å². The molecule has 0 aliphatic heterocycles. The lowest BCUT2D eigenvalue weighted by molar-refractivity contribution is -0.119. The summed E-state index contributed by atoms with van der Waals surface area (Å²) in [6.45, 7) is 13.9. The van der Waals surface area contributed by atoms with Crippen molar-refractivity contribution in [2.24, 2.45) is 5.92 Å². The van der Waals surface area contributed by atoms with Crippen molar-refractivity contribution in [2.75, 3.05) is 30.8 Å². The number of benzene rings is 1. The molecule has 0 radical (unpaired) electrons. The predicted octanol–water partition coefficient (Wildman–Crippen LogP) is 3.34. The Hall–Kier alpha value is -2.87. The van der Waals surface area contributed by atoms with E-state index >= 15 is 0 Å². The Bertz CT molecular complexity index is 1080. The van der Waals surface area contributed by atoms with E-state index in [9.17, 15) is 14.4 Å². The number of rotatable bonds is 10. The van der Waals surface area contributed by atoms with Gasteiger partial charge in [0.05, 0.1) is 6.54 Å². The Kier molecular flexibility index (Phi) is 9.27. The van der Waals surface area contributed by atoms with Crippen LogP contribution in [0.2, 0.25) is 0 Å². The van der Waals surface area contributed by atoms with Crippen LogP contribution in [0.4, 0.5) is 11.5 Å². The lowest BCUT2D eigenvalue weighted by Gasteiger charge is -2.27. The van der Waals surface area contributed by atoms with E-state index < -0.39 is 11.2 Å². The number of nitrogens with one attached hydrogen (secondary N) is 1. The second-order valence-electron chi connectivity index (χ2n) is 10.5. The molecule has 2 aromatic rings. The van der Waals surface area contributed by atoms with Gasteiger partial charge < -0.3 is 10.6 Å². The van der Waals surface area contributed by atoms with E-state index in [0.29, 0.717) is 26.1 Å². The molecular formula is C26H41N5O3. The van der Waals surface area contributed by atoms with Crippen LogP contribution >= 0.6 is 0 Å². The van der Waals surface area contributed by atoms with Gasteiger partial charge in [-0.3, -0.25) is 24.0 Å². The Morgan fingerprint density at radius 1 is 1.15 bits per heavy atom. The Morgan fingerprint density at radius 3 is 2.29 bits per heavy atom. The third kappa shape index (κ3) is 7.06. The number of unbranched alkanes of at least 4 members (excludes halogenated alkanes) is 1. The normalized spacial score (nSPS) is 11.9. The molecule has 0 spiro atoms. The fourth-order valence-electron chi connectivity index (χ4n) is 3.86. The fraction of sp³-hybridized carbons (Fsp3) is 0.577. The van der Waals surface area contributed by atoms with Crippen molar-refractivity contribution in [3.63, 3.8) is 0 Å². The second-order valence-corrected chi connectivity index (χ2v) is 10.5. The van der Waals surface area contributed by atoms with Crippen LogP contribution in [0, 0.1) is 5.92 Å². The summed E-state index contributed by atoms with van der Waals surface area (Å²) in [7, 11) is 1.88. The number of amides is 1. The predicted molar refractivity (Wildman–Crippen MR) is 139 cm³/mol. The van der Waals surface area contributed by atoms with Gasteiger partial charge in [0.25, 0.3) is 5.56 Å². The number of nitrogens with two attached hydrogens (primary N) is 1. The maximum atomic E-state index is 13.3. The molecule has 8 nitrogen and oxygen atoms in total. The minimum absolute atomic E-state index is 0.0346. The number of H-pyrrole nitrogens is 1. The van der Waals surface area contributed by atoms with Gasteiger partial charge in [-0.25, -0.2) is 4.79 Å². The molecule has 0 unspecified atom stereocenters. The summed E-state index contributed by atoms with van der Waals surface area (Å²) in [5, 5.41) is 0. The van der Waals surface area contributed by atoms with E-state index in [4.69, 9.17) is 5.73 Å². The Labute approximate surface area is 202 Å². The molecule has 0 aliphatic rings. The van der Waals surface area contributed by atoms with Gasteiger partial charge in [-0.1, -0.05) is 72.2 Å². The van der Waals surface area contributed by atoms with Gasteiger partial charge in [0.1, 0.15) is 5.82 Å². The zero-order valence-corrected chi connectivity index (χ0v) is 21.8. The summed E-state index contributed by atoms with van der Waals surface area (Å²) in [6, 6.07) is 8.41. The van der Waals surface area contributed by atoms with Crippen LogP contribution < -0.4 is 21.9 Å². The molecule has 0 atom stereocenters. The number of aromatic nitrogens is 2. The van der Waals surface area contributed by atoms with Gasteiger partial charge in [-0.05, 0) is 35.9 Å². The van der Waals surface area contributed by atoms with Crippen molar-refractivity contribution in [1.29, 1.82) is 0 Å². The van der Waals surface area contributed by atoms with Gasteiger partial charge in [0, 0.05) is 19.6 Å². The lowest BCUT2D eigenvalue weighted by Crippen LogP contribution is -2.45. The number of carbonyl (C=O) groups excluding carboxylic acids is 1. The largest absolute Gasteiger partial charge is 0.383 e. The van der Waals surface area contributed by atoms with E-state index in [-0.39, 0.29) is 35.3 Å². The standard InChI is InChI=1S/C26H41N5O3/c1-8-9-14-30(22-23(27)31(15-18(2)3)25(34)28-24(22)33)21(32)17-29(7)16-19-10-12-20(13-11-19)26(4,5)6/h10-13,18H,8-9,14-17,27H2,1-7H3,(H,28,33,34). The van der Waals surface area contributed by atoms with Gasteiger partial charge >= 0.3 is 5.69 Å². The van der Waals surface area contributed by atoms with Crippen molar-refractivity contribution >= 4 is 17.4 Å². The molecule has 0 bridgehead atoms. The third-order valence-corrected chi connectivity index (χ3v) is 5.75. The van der Waals surface area contributed by atoms with Crippen LogP contribution in [0.3, 0.4) is 0 Å². The number of carbonyl (C=O) groups is 1. The summed E-state index contributed by atoms with van der Waals surface area (Å²) in [5.74, 6) is -0.0455. The molecular weight excluding hydrogens is 430 g/mol. The van der Waals surface area contributed by atoms with Gasteiger partial charge in [-0.2, -0.15) is 0 Å². The highest BCUT2D eigenvalue weighted by Gasteiger charge is 2.25. The van der Waals surface area contributed by atoms with Crippen LogP contribution in [-0.2, 0) is 23.3 Å². The van der Waals surface area contributed by atoms with E-state index in [1.54, 1.807) is 0 Å². The Balaban J connectivity index is 2.28. The summed E-state index contributed by atoms with van der Waals surface area (Å²) in [5.41, 5.74) is 7.59. The van der Waals surface area contributed by atoms with E-state index in [1.807, 2.05) is 32.7 Å². The SMILES string of the molecule is CCCCN(C(=O)CN(C)Cc1ccc(C(C)(C)C)cc1)c1c(N)n(CC(C)C)c(=O)[nH]c1=O. The highest BCUT2D eigenvalue weighted by Crippen LogP contribution is 2.23. The molecule has 0 aliphatic carbocycles. The summed E-state index contributed by atoms with van der Waals surface area (Å²) >= 11 is 0. The maximum Gasteiger partial charge on any atom is 0.330 e. The molecule has 3 N–H and O–H groups in total. The molecule has 34 heavy (non-hydrogen) atoms. The van der Waals surface area contributed by atoms with Crippen LogP contribution in [0.1, 0.15) is 65.5 Å². The maximum absolute atomic E-state index is 13.3. The highest BCUT2D eigenvalue weighted by atomic mass is 16.2. The van der Waals surface area contributed by atoms with Crippen LogP contribution in [0.15, 0.2) is 33.9 Å². The number of hydrogen-bond donors (Lipinski definition) is 2.